The van der Waals surface area contributed by atoms with E-state index in [1.54, 1.807) is 0 Å². The molecule has 0 aliphatic carbocycles. The van der Waals surface area contributed by atoms with Crippen LogP contribution in [0.5, 0.6) is 0 Å². The lowest BCUT2D eigenvalue weighted by Crippen LogP contribution is -2.50. The van der Waals surface area contributed by atoms with E-state index in [9.17, 15) is 0 Å². The first-order valence-electron chi connectivity index (χ1n) is 4.80. The Hall–Kier alpha value is 0.137. The van der Waals surface area contributed by atoms with Gasteiger partial charge in [0.05, 0.1) is 25.7 Å². The number of rotatable bonds is 4. The molecule has 3 heteroatoms. The van der Waals surface area contributed by atoms with Crippen LogP contribution < -0.4 is 0 Å². The SMILES string of the molecule is CC[N+](C)(CC)[SiH2]OC(C)(C)C. The number of quaternary nitrogens is 1. The molecular formula is C9H24NOSi+. The molecule has 74 valence electrons. The first-order chi connectivity index (χ1) is 5.33. The summed E-state index contributed by atoms with van der Waals surface area (Å²) in [7, 11) is 1.85. The summed E-state index contributed by atoms with van der Waals surface area (Å²) in [5.74, 6) is 0. The Labute approximate surface area is 79.5 Å². The topological polar surface area (TPSA) is 9.23 Å². The third-order valence-corrected chi connectivity index (χ3v) is 4.85. The molecule has 0 bridgehead atoms. The number of hydrogen-bond donors (Lipinski definition) is 0. The van der Waals surface area contributed by atoms with E-state index in [1.165, 1.54) is 13.1 Å². The summed E-state index contributed by atoms with van der Waals surface area (Å²) in [6.45, 7) is 13.3. The van der Waals surface area contributed by atoms with E-state index in [4.69, 9.17) is 4.43 Å². The second-order valence-electron chi connectivity index (χ2n) is 4.64. The van der Waals surface area contributed by atoms with Gasteiger partial charge < -0.3 is 8.57 Å². The highest BCUT2D eigenvalue weighted by Gasteiger charge is 2.22. The molecule has 0 aliphatic heterocycles. The quantitative estimate of drug-likeness (QED) is 0.607. The third-order valence-electron chi connectivity index (χ3n) is 2.34. The molecule has 0 spiro atoms. The van der Waals surface area contributed by atoms with E-state index in [0.717, 1.165) is 4.15 Å². The Morgan fingerprint density at radius 3 is 1.83 bits per heavy atom. The summed E-state index contributed by atoms with van der Waals surface area (Å²) in [5.41, 5.74) is 0.0517. The zero-order valence-corrected chi connectivity index (χ0v) is 10.9. The molecule has 0 aromatic heterocycles. The first-order valence-corrected chi connectivity index (χ1v) is 6.01. The van der Waals surface area contributed by atoms with Gasteiger partial charge in [0.15, 0.2) is 0 Å². The molecule has 0 heterocycles. The van der Waals surface area contributed by atoms with Gasteiger partial charge in [-0.3, -0.25) is 0 Å². The summed E-state index contributed by atoms with van der Waals surface area (Å²) < 4.78 is 7.02. The average Bonchev–Trinajstić information content (AvgIpc) is 1.99. The van der Waals surface area contributed by atoms with Crippen molar-refractivity contribution < 1.29 is 8.57 Å². The molecule has 0 rings (SSSR count). The van der Waals surface area contributed by atoms with Crippen LogP contribution in [0, 0.1) is 0 Å². The molecule has 0 fully saturated rings. The predicted molar refractivity (Wildman–Crippen MR) is 56.6 cm³/mol. The summed E-state index contributed by atoms with van der Waals surface area (Å²) in [6.07, 6.45) is 0. The van der Waals surface area contributed by atoms with E-state index < -0.39 is 9.92 Å². The van der Waals surface area contributed by atoms with E-state index in [2.05, 4.69) is 41.7 Å². The van der Waals surface area contributed by atoms with Gasteiger partial charge in [0.1, 0.15) is 0 Å². The van der Waals surface area contributed by atoms with Crippen LogP contribution in [-0.2, 0) is 4.43 Å². The fourth-order valence-electron chi connectivity index (χ4n) is 0.756. The molecule has 0 unspecified atom stereocenters. The Morgan fingerprint density at radius 2 is 1.58 bits per heavy atom. The van der Waals surface area contributed by atoms with E-state index in [1.807, 2.05) is 0 Å². The molecule has 0 aliphatic rings. The van der Waals surface area contributed by atoms with Crippen LogP contribution in [-0.4, -0.2) is 39.8 Å². The minimum absolute atomic E-state index is 0.0517. The van der Waals surface area contributed by atoms with Crippen molar-refractivity contribution in [1.29, 1.82) is 0 Å². The van der Waals surface area contributed by atoms with Crippen LogP contribution in [0.1, 0.15) is 34.6 Å². The van der Waals surface area contributed by atoms with Gasteiger partial charge in [0, 0.05) is 0 Å². The highest BCUT2D eigenvalue weighted by Crippen LogP contribution is 2.09. The van der Waals surface area contributed by atoms with Gasteiger partial charge >= 0.3 is 9.92 Å². The Kier molecular flexibility index (Phi) is 4.44. The predicted octanol–water partition coefficient (Wildman–Crippen LogP) is 1.29. The zero-order valence-electron chi connectivity index (χ0n) is 9.48. The lowest BCUT2D eigenvalue weighted by Gasteiger charge is -2.35. The average molecular weight is 190 g/mol. The van der Waals surface area contributed by atoms with Crippen LogP contribution in [0.3, 0.4) is 0 Å². The lowest BCUT2D eigenvalue weighted by molar-refractivity contribution is -0.804. The van der Waals surface area contributed by atoms with Crippen LogP contribution in [0.15, 0.2) is 0 Å². The second kappa shape index (κ2) is 4.39. The minimum Gasteiger partial charge on any atom is -0.370 e. The largest absolute Gasteiger partial charge is 0.406 e. The molecular weight excluding hydrogens is 166 g/mol. The maximum atomic E-state index is 5.89. The van der Waals surface area contributed by atoms with Crippen molar-refractivity contribution in [1.82, 2.24) is 0 Å². The Bertz CT molecular complexity index is 127. The maximum absolute atomic E-state index is 5.89. The second-order valence-corrected chi connectivity index (χ2v) is 6.71. The standard InChI is InChI=1S/C9H24NOSi/c1-7-10(6,8-2)12-11-9(3,4)5/h7-8,12H2,1-6H3/q+1. The zero-order chi connectivity index (χ0) is 9.83. The number of nitrogens with zero attached hydrogens (tertiary/aromatic N) is 1. The normalized spacial score (nSPS) is 14.5. The molecule has 0 saturated carbocycles. The molecule has 0 aromatic rings. The van der Waals surface area contributed by atoms with Gasteiger partial charge in [0.25, 0.3) is 0 Å². The minimum atomic E-state index is -0.438. The van der Waals surface area contributed by atoms with E-state index >= 15 is 0 Å². The summed E-state index contributed by atoms with van der Waals surface area (Å²) in [6, 6.07) is 0. The van der Waals surface area contributed by atoms with Gasteiger partial charge in [0.2, 0.25) is 0 Å². The van der Waals surface area contributed by atoms with Gasteiger partial charge in [-0.15, -0.1) is 0 Å². The third kappa shape index (κ3) is 4.90. The summed E-state index contributed by atoms with van der Waals surface area (Å²) in [4.78, 5) is 0. The fraction of sp³-hybridized carbons (Fsp3) is 1.00. The van der Waals surface area contributed by atoms with Crippen molar-refractivity contribution in [2.75, 3.05) is 20.1 Å². The highest BCUT2D eigenvalue weighted by molar-refractivity contribution is 6.17. The van der Waals surface area contributed by atoms with Crippen molar-refractivity contribution in [3.63, 3.8) is 0 Å². The van der Waals surface area contributed by atoms with Gasteiger partial charge in [-0.25, -0.2) is 0 Å². The smallest absolute Gasteiger partial charge is 0.370 e. The van der Waals surface area contributed by atoms with Crippen molar-refractivity contribution in [3.8, 4) is 0 Å². The van der Waals surface area contributed by atoms with Gasteiger partial charge in [-0.2, -0.15) is 0 Å². The van der Waals surface area contributed by atoms with Crippen LogP contribution in [0.2, 0.25) is 0 Å². The molecule has 0 N–H and O–H groups in total. The van der Waals surface area contributed by atoms with Gasteiger partial charge in [-0.05, 0) is 34.6 Å². The van der Waals surface area contributed by atoms with Crippen LogP contribution >= 0.6 is 0 Å². The molecule has 0 atom stereocenters. The van der Waals surface area contributed by atoms with Crippen LogP contribution in [0.4, 0.5) is 0 Å². The Morgan fingerprint density at radius 1 is 1.17 bits per heavy atom. The van der Waals surface area contributed by atoms with Crippen molar-refractivity contribution in [3.05, 3.63) is 0 Å². The molecule has 2 nitrogen and oxygen atoms in total. The van der Waals surface area contributed by atoms with E-state index in [-0.39, 0.29) is 5.60 Å². The molecule has 0 radical (unpaired) electrons. The summed E-state index contributed by atoms with van der Waals surface area (Å²) >= 11 is 0. The first kappa shape index (κ1) is 12.1. The maximum Gasteiger partial charge on any atom is 0.406 e. The molecule has 0 aromatic carbocycles. The van der Waals surface area contributed by atoms with Crippen molar-refractivity contribution in [2.24, 2.45) is 0 Å². The monoisotopic (exact) mass is 190 g/mol. The Balaban J connectivity index is 3.89. The lowest BCUT2D eigenvalue weighted by atomic mass is 10.2. The van der Waals surface area contributed by atoms with Crippen molar-refractivity contribution in [2.45, 2.75) is 40.2 Å². The number of hydrogen-bond acceptors (Lipinski definition) is 1. The summed E-state index contributed by atoms with van der Waals surface area (Å²) in [5, 5.41) is 0. The molecule has 12 heavy (non-hydrogen) atoms. The van der Waals surface area contributed by atoms with Crippen LogP contribution in [0.25, 0.3) is 0 Å². The highest BCUT2D eigenvalue weighted by atomic mass is 28.2. The van der Waals surface area contributed by atoms with Crippen molar-refractivity contribution >= 4 is 9.92 Å². The molecule has 0 saturated heterocycles. The van der Waals surface area contributed by atoms with Gasteiger partial charge in [-0.1, -0.05) is 0 Å². The molecule has 0 amide bonds. The fourth-order valence-corrected chi connectivity index (χ4v) is 1.82. The van der Waals surface area contributed by atoms with E-state index in [0.29, 0.717) is 0 Å².